The number of carbonyl (C=O) groups is 1. The van der Waals surface area contributed by atoms with Gasteiger partial charge in [0.05, 0.1) is 0 Å². The average Bonchev–Trinajstić information content (AvgIpc) is 2.64. The number of benzene rings is 1. The van der Waals surface area contributed by atoms with Crippen LogP contribution in [0.4, 0.5) is 11.6 Å². The third kappa shape index (κ3) is 4.35. The molecule has 2 N–H and O–H groups in total. The zero-order valence-electron chi connectivity index (χ0n) is 15.0. The highest BCUT2D eigenvalue weighted by Gasteiger charge is 2.16. The Labute approximate surface area is 149 Å². The molecule has 1 fully saturated rings. The maximum Gasteiger partial charge on any atom is 0.274 e. The fourth-order valence-electron chi connectivity index (χ4n) is 3.36. The van der Waals surface area contributed by atoms with E-state index in [9.17, 15) is 4.79 Å². The SMILES string of the molecule is CCc1cccc(C)c1NC(=O)c1ccnc(NC2CCCCC2)n1. The number of carbonyl (C=O) groups excluding carboxylic acids is 1. The van der Waals surface area contributed by atoms with Crippen molar-refractivity contribution in [2.45, 2.75) is 58.4 Å². The Hall–Kier alpha value is -2.43. The van der Waals surface area contributed by atoms with Gasteiger partial charge in [0.15, 0.2) is 0 Å². The molecule has 0 radical (unpaired) electrons. The van der Waals surface area contributed by atoms with Gasteiger partial charge in [-0.15, -0.1) is 0 Å². The topological polar surface area (TPSA) is 66.9 Å². The Morgan fingerprint density at radius 3 is 2.76 bits per heavy atom. The molecule has 1 aliphatic carbocycles. The van der Waals surface area contributed by atoms with Gasteiger partial charge in [-0.2, -0.15) is 0 Å². The Morgan fingerprint density at radius 2 is 2.00 bits per heavy atom. The van der Waals surface area contributed by atoms with Gasteiger partial charge in [-0.25, -0.2) is 9.97 Å². The minimum absolute atomic E-state index is 0.196. The second kappa shape index (κ2) is 8.10. The lowest BCUT2D eigenvalue weighted by Crippen LogP contribution is -2.24. The molecule has 2 aromatic rings. The van der Waals surface area contributed by atoms with Gasteiger partial charge in [0, 0.05) is 17.9 Å². The van der Waals surface area contributed by atoms with Crippen LogP contribution in [0.15, 0.2) is 30.5 Å². The first kappa shape index (κ1) is 17.4. The van der Waals surface area contributed by atoms with E-state index < -0.39 is 0 Å². The molecule has 0 atom stereocenters. The van der Waals surface area contributed by atoms with Crippen LogP contribution in [0.25, 0.3) is 0 Å². The van der Waals surface area contributed by atoms with Crippen molar-refractivity contribution in [3.05, 3.63) is 47.3 Å². The minimum Gasteiger partial charge on any atom is -0.351 e. The molecule has 1 aliphatic rings. The van der Waals surface area contributed by atoms with Gasteiger partial charge in [-0.05, 0) is 43.4 Å². The van der Waals surface area contributed by atoms with Crippen LogP contribution in [0.1, 0.15) is 60.6 Å². The number of nitrogens with one attached hydrogen (secondary N) is 2. The molecule has 0 aliphatic heterocycles. The number of aromatic nitrogens is 2. The Balaban J connectivity index is 1.73. The number of anilines is 2. The summed E-state index contributed by atoms with van der Waals surface area (Å²) in [4.78, 5) is 21.3. The molecule has 5 heteroatoms. The molecule has 0 unspecified atom stereocenters. The second-order valence-electron chi connectivity index (χ2n) is 6.66. The summed E-state index contributed by atoms with van der Waals surface area (Å²) in [5, 5.41) is 6.39. The van der Waals surface area contributed by atoms with E-state index in [1.165, 1.54) is 19.3 Å². The number of aryl methyl sites for hydroxylation is 2. The maximum atomic E-state index is 12.6. The maximum absolute atomic E-state index is 12.6. The quantitative estimate of drug-likeness (QED) is 0.851. The van der Waals surface area contributed by atoms with E-state index >= 15 is 0 Å². The fourth-order valence-corrected chi connectivity index (χ4v) is 3.36. The van der Waals surface area contributed by atoms with Gasteiger partial charge in [0.1, 0.15) is 5.69 Å². The summed E-state index contributed by atoms with van der Waals surface area (Å²) >= 11 is 0. The van der Waals surface area contributed by atoms with Crippen molar-refractivity contribution in [3.63, 3.8) is 0 Å². The molecule has 1 saturated carbocycles. The van der Waals surface area contributed by atoms with E-state index in [-0.39, 0.29) is 5.91 Å². The van der Waals surface area contributed by atoms with E-state index in [0.29, 0.717) is 17.7 Å². The zero-order valence-corrected chi connectivity index (χ0v) is 15.0. The molecule has 0 spiro atoms. The van der Waals surface area contributed by atoms with Gasteiger partial charge in [0.2, 0.25) is 5.95 Å². The lowest BCUT2D eigenvalue weighted by Gasteiger charge is -2.22. The third-order valence-electron chi connectivity index (χ3n) is 4.81. The predicted octanol–water partition coefficient (Wildman–Crippen LogP) is 4.34. The number of nitrogens with zero attached hydrogens (tertiary/aromatic N) is 2. The van der Waals surface area contributed by atoms with Gasteiger partial charge in [-0.3, -0.25) is 4.79 Å². The summed E-state index contributed by atoms with van der Waals surface area (Å²) < 4.78 is 0. The predicted molar refractivity (Wildman–Crippen MR) is 101 cm³/mol. The molecule has 0 saturated heterocycles. The molecular formula is C20H26N4O. The standard InChI is InChI=1S/C20H26N4O/c1-3-15-9-7-8-14(2)18(15)24-19(25)17-12-13-21-20(23-17)22-16-10-5-4-6-11-16/h7-9,12-13,16H,3-6,10-11H2,1-2H3,(H,24,25)(H,21,22,23). The van der Waals surface area contributed by atoms with E-state index in [1.54, 1.807) is 12.3 Å². The highest BCUT2D eigenvalue weighted by Crippen LogP contribution is 2.22. The Kier molecular flexibility index (Phi) is 5.64. The summed E-state index contributed by atoms with van der Waals surface area (Å²) in [5.74, 6) is 0.346. The monoisotopic (exact) mass is 338 g/mol. The van der Waals surface area contributed by atoms with Crippen LogP contribution >= 0.6 is 0 Å². The smallest absolute Gasteiger partial charge is 0.274 e. The van der Waals surface area contributed by atoms with Gasteiger partial charge < -0.3 is 10.6 Å². The molecule has 1 amide bonds. The average molecular weight is 338 g/mol. The van der Waals surface area contributed by atoms with Gasteiger partial charge in [0.25, 0.3) is 5.91 Å². The van der Waals surface area contributed by atoms with Gasteiger partial charge in [-0.1, -0.05) is 44.4 Å². The Bertz CT molecular complexity index is 738. The highest BCUT2D eigenvalue weighted by atomic mass is 16.1. The third-order valence-corrected chi connectivity index (χ3v) is 4.81. The summed E-state index contributed by atoms with van der Waals surface area (Å²) in [6, 6.07) is 8.13. The number of hydrogen-bond acceptors (Lipinski definition) is 4. The summed E-state index contributed by atoms with van der Waals surface area (Å²) in [7, 11) is 0. The van der Waals surface area contributed by atoms with Crippen LogP contribution in [0.2, 0.25) is 0 Å². The molecule has 1 aromatic heterocycles. The molecule has 132 valence electrons. The highest BCUT2D eigenvalue weighted by molar-refractivity contribution is 6.03. The van der Waals surface area contributed by atoms with Crippen molar-refractivity contribution in [1.82, 2.24) is 9.97 Å². The minimum atomic E-state index is -0.196. The van der Waals surface area contributed by atoms with Crippen molar-refractivity contribution < 1.29 is 4.79 Å². The normalized spacial score (nSPS) is 15.0. The molecular weight excluding hydrogens is 312 g/mol. The van der Waals surface area contributed by atoms with Crippen LogP contribution in [0, 0.1) is 6.92 Å². The molecule has 0 bridgehead atoms. The fraction of sp³-hybridized carbons (Fsp3) is 0.450. The number of amides is 1. The Morgan fingerprint density at radius 1 is 1.20 bits per heavy atom. The molecule has 25 heavy (non-hydrogen) atoms. The largest absolute Gasteiger partial charge is 0.351 e. The van der Waals surface area contributed by atoms with E-state index in [0.717, 1.165) is 36.1 Å². The van der Waals surface area contributed by atoms with Crippen LogP contribution in [0.3, 0.4) is 0 Å². The van der Waals surface area contributed by atoms with Crippen molar-refractivity contribution in [2.24, 2.45) is 0 Å². The van der Waals surface area contributed by atoms with E-state index in [2.05, 4.69) is 27.5 Å². The molecule has 3 rings (SSSR count). The van der Waals surface area contributed by atoms with Crippen molar-refractivity contribution in [3.8, 4) is 0 Å². The summed E-state index contributed by atoms with van der Waals surface area (Å²) in [5.41, 5.74) is 3.46. The molecule has 1 aromatic carbocycles. The lowest BCUT2D eigenvalue weighted by molar-refractivity contribution is 0.102. The van der Waals surface area contributed by atoms with Crippen LogP contribution in [-0.4, -0.2) is 21.9 Å². The molecule has 5 nitrogen and oxygen atoms in total. The second-order valence-corrected chi connectivity index (χ2v) is 6.66. The summed E-state index contributed by atoms with van der Waals surface area (Å²) in [6.07, 6.45) is 8.58. The van der Waals surface area contributed by atoms with E-state index in [1.807, 2.05) is 25.1 Å². The van der Waals surface area contributed by atoms with Crippen LogP contribution in [-0.2, 0) is 6.42 Å². The number of rotatable bonds is 5. The van der Waals surface area contributed by atoms with Gasteiger partial charge >= 0.3 is 0 Å². The zero-order chi connectivity index (χ0) is 17.6. The van der Waals surface area contributed by atoms with Crippen molar-refractivity contribution >= 4 is 17.5 Å². The molecule has 1 heterocycles. The van der Waals surface area contributed by atoms with E-state index in [4.69, 9.17) is 0 Å². The number of para-hydroxylation sites is 1. The first-order valence-corrected chi connectivity index (χ1v) is 9.17. The van der Waals surface area contributed by atoms with Crippen molar-refractivity contribution in [1.29, 1.82) is 0 Å². The van der Waals surface area contributed by atoms with Crippen LogP contribution in [0.5, 0.6) is 0 Å². The van der Waals surface area contributed by atoms with Crippen molar-refractivity contribution in [2.75, 3.05) is 10.6 Å². The first-order chi connectivity index (χ1) is 12.2. The first-order valence-electron chi connectivity index (χ1n) is 9.17. The lowest BCUT2D eigenvalue weighted by atomic mass is 9.96. The number of hydrogen-bond donors (Lipinski definition) is 2. The summed E-state index contributed by atoms with van der Waals surface area (Å²) in [6.45, 7) is 4.09. The van der Waals surface area contributed by atoms with Crippen LogP contribution < -0.4 is 10.6 Å².